The van der Waals surface area contributed by atoms with Crippen molar-refractivity contribution in [3.63, 3.8) is 0 Å². The molecular weight excluding hydrogens is 762 g/mol. The number of nitrogens with two attached hydrogens (primary N) is 1. The van der Waals surface area contributed by atoms with Crippen LogP contribution in [0, 0.1) is 0 Å². The number of phenolic OH excluding ortho intramolecular Hbond substituents is 1. The summed E-state index contributed by atoms with van der Waals surface area (Å²) in [6.07, 6.45) is 0.523. The summed E-state index contributed by atoms with van der Waals surface area (Å²) in [5, 5.41) is 54.3. The molecule has 256 valence electrons. The molecule has 0 radical (unpaired) electrons. The van der Waals surface area contributed by atoms with Gasteiger partial charge in [0.2, 0.25) is 17.2 Å². The van der Waals surface area contributed by atoms with Crippen molar-refractivity contribution in [2.75, 3.05) is 41.9 Å². The van der Waals surface area contributed by atoms with E-state index in [0.717, 1.165) is 5.41 Å². The molecule has 1 aromatic heterocycles. The van der Waals surface area contributed by atoms with Crippen molar-refractivity contribution < 1.29 is 107 Å². The van der Waals surface area contributed by atoms with Gasteiger partial charge in [0.1, 0.15) is 17.1 Å². The normalized spacial score (nSPS) is 11.3. The maximum Gasteiger partial charge on any atom is 1.00 e. The van der Waals surface area contributed by atoms with Crippen molar-refractivity contribution in [2.24, 2.45) is 10.2 Å². The van der Waals surface area contributed by atoms with Crippen LogP contribution >= 0.6 is 35.7 Å². The molecule has 4 rings (SSSR count). The Morgan fingerprint density at radius 2 is 1.74 bits per heavy atom. The first-order chi connectivity index (χ1) is 23.1. The van der Waals surface area contributed by atoms with E-state index in [4.69, 9.17) is 22.1 Å². The van der Waals surface area contributed by atoms with Crippen molar-refractivity contribution >= 4 is 90.9 Å². The van der Waals surface area contributed by atoms with Gasteiger partial charge < -0.3 is 36.7 Å². The van der Waals surface area contributed by atoms with Gasteiger partial charge in [0.25, 0.3) is 0 Å². The standard InChI is InChI=1S/C26H27ClN8O10S3.2Na/c1-2-48(39,40)11-10-41-9-3-8-29-25-31-24(27)32-26(33-25)30-16-5-7-19(21(13-16)47-45-43-38)34-35-23-18(28)6-4-15-12-17(46-44-42-37)14-20(36)22(15)23;;/h2,4-7,12-14,36-38H,1,3,8-11,28H2,(H2,29,30,31,32,33);;/q;2*+1/p-2. The number of rotatable bonds is 19. The number of hydrogen-bond acceptors (Lipinski definition) is 20. The van der Waals surface area contributed by atoms with Crippen molar-refractivity contribution in [1.82, 2.24) is 15.0 Å². The number of azo groups is 1. The Labute approximate surface area is 343 Å². The van der Waals surface area contributed by atoms with E-state index in [9.17, 15) is 24.0 Å². The van der Waals surface area contributed by atoms with E-state index in [1.165, 1.54) is 12.1 Å². The van der Waals surface area contributed by atoms with Gasteiger partial charge in [-0.15, -0.1) is 10.2 Å². The van der Waals surface area contributed by atoms with Crippen LogP contribution < -0.4 is 86.0 Å². The molecule has 0 bridgehead atoms. The molecule has 0 aliphatic heterocycles. The number of ether oxygens (including phenoxy) is 1. The van der Waals surface area contributed by atoms with Crippen molar-refractivity contribution in [3.8, 4) is 5.75 Å². The fourth-order valence-electron chi connectivity index (χ4n) is 3.87. The van der Waals surface area contributed by atoms with Crippen LogP contribution in [0.4, 0.5) is 34.6 Å². The molecule has 0 aliphatic rings. The zero-order chi connectivity index (χ0) is 34.5. The van der Waals surface area contributed by atoms with E-state index in [-0.39, 0.29) is 122 Å². The minimum absolute atomic E-state index is 0. The number of aromatic nitrogens is 3. The third-order valence-electron chi connectivity index (χ3n) is 5.98. The summed E-state index contributed by atoms with van der Waals surface area (Å²) in [5.74, 6) is -0.107. The van der Waals surface area contributed by atoms with E-state index in [2.05, 4.69) is 61.1 Å². The molecule has 3 aromatic carbocycles. The maximum atomic E-state index is 11.4. The summed E-state index contributed by atoms with van der Waals surface area (Å²) in [4.78, 5) is 13.0. The van der Waals surface area contributed by atoms with Gasteiger partial charge in [-0.25, -0.2) is 8.42 Å². The second-order valence-corrected chi connectivity index (χ2v) is 13.1. The molecule has 0 spiro atoms. The molecule has 5 N–H and O–H groups in total. The van der Waals surface area contributed by atoms with Crippen LogP contribution in [0.5, 0.6) is 5.75 Å². The van der Waals surface area contributed by atoms with Crippen LogP contribution in [-0.2, 0) is 33.3 Å². The number of anilines is 4. The quantitative estimate of drug-likeness (QED) is 0.0152. The molecule has 4 aromatic rings. The summed E-state index contributed by atoms with van der Waals surface area (Å²) < 4.78 is 37.0. The Morgan fingerprint density at radius 1 is 1.00 bits per heavy atom. The second-order valence-electron chi connectivity index (χ2n) is 9.17. The predicted molar refractivity (Wildman–Crippen MR) is 173 cm³/mol. The number of nitrogens with zero attached hydrogens (tertiary/aromatic N) is 5. The van der Waals surface area contributed by atoms with Crippen LogP contribution in [0.15, 0.2) is 74.5 Å². The summed E-state index contributed by atoms with van der Waals surface area (Å²) >= 11 is 7.24. The molecule has 0 saturated carbocycles. The van der Waals surface area contributed by atoms with Gasteiger partial charge in [0.15, 0.2) is 9.84 Å². The Morgan fingerprint density at radius 3 is 2.48 bits per heavy atom. The van der Waals surface area contributed by atoms with Gasteiger partial charge in [-0.1, -0.05) is 12.6 Å². The van der Waals surface area contributed by atoms with E-state index in [0.29, 0.717) is 59.6 Å². The second kappa shape index (κ2) is 22.3. The number of hydrogen-bond donors (Lipinski definition) is 4. The minimum Gasteiger partial charge on any atom is -0.691 e. The number of fused-ring (bicyclic) bond motifs is 1. The van der Waals surface area contributed by atoms with Gasteiger partial charge >= 0.3 is 59.1 Å². The first-order valence-corrected chi connectivity index (χ1v) is 16.9. The Balaban J connectivity index is 0.00000433. The van der Waals surface area contributed by atoms with Crippen molar-refractivity contribution in [2.45, 2.75) is 16.2 Å². The molecule has 0 atom stereocenters. The Kier molecular flexibility index (Phi) is 19.7. The molecule has 24 heteroatoms. The summed E-state index contributed by atoms with van der Waals surface area (Å²) in [5.41, 5.74) is 7.15. The predicted octanol–water partition coefficient (Wildman–Crippen LogP) is -2.03. The average molecular weight is 787 g/mol. The third kappa shape index (κ3) is 13.6. The largest absolute Gasteiger partial charge is 1.00 e. The fourth-order valence-corrected chi connectivity index (χ4v) is 5.46. The Hall–Kier alpha value is -1.87. The zero-order valence-electron chi connectivity index (χ0n) is 26.4. The van der Waals surface area contributed by atoms with Crippen LogP contribution in [0.3, 0.4) is 0 Å². The molecule has 0 saturated heterocycles. The van der Waals surface area contributed by atoms with E-state index >= 15 is 0 Å². The molecule has 0 fully saturated rings. The molecule has 0 unspecified atom stereocenters. The molecule has 18 nitrogen and oxygen atoms in total. The SMILES string of the molecule is C=CS(=O)(=O)CCOCCCNc1nc(Cl)nc(Nc2ccc(N=Nc3c(N)ccc4cc(SOO[O-])cc(O)c34)c(SOO[O-])c2)n1.[Na+].[Na+]. The topological polar surface area (TPSA) is 260 Å². The maximum absolute atomic E-state index is 11.4. The molecule has 50 heavy (non-hydrogen) atoms. The summed E-state index contributed by atoms with van der Waals surface area (Å²) in [6, 6.07) is 10.8. The van der Waals surface area contributed by atoms with Crippen molar-refractivity contribution in [3.05, 3.63) is 59.7 Å². The van der Waals surface area contributed by atoms with Crippen LogP contribution in [0.1, 0.15) is 6.42 Å². The minimum atomic E-state index is -3.32. The van der Waals surface area contributed by atoms with Gasteiger partial charge in [0, 0.05) is 29.1 Å². The smallest absolute Gasteiger partial charge is 0.691 e. The molecule has 1 heterocycles. The van der Waals surface area contributed by atoms with Crippen LogP contribution in [0.2, 0.25) is 5.28 Å². The monoisotopic (exact) mass is 786 g/mol. The molecule has 0 aliphatic carbocycles. The van der Waals surface area contributed by atoms with Crippen molar-refractivity contribution in [1.29, 1.82) is 0 Å². The number of phenols is 1. The first kappa shape index (κ1) is 44.3. The van der Waals surface area contributed by atoms with Gasteiger partial charge in [-0.3, -0.25) is 10.1 Å². The number of nitrogen functional groups attached to an aromatic ring is 1. The van der Waals surface area contributed by atoms with Gasteiger partial charge in [-0.2, -0.15) is 23.6 Å². The van der Waals surface area contributed by atoms with E-state index < -0.39 is 9.84 Å². The number of sulfone groups is 1. The van der Waals surface area contributed by atoms with Gasteiger partial charge in [-0.05, 0) is 59.8 Å². The number of benzene rings is 3. The summed E-state index contributed by atoms with van der Waals surface area (Å²) in [6.45, 7) is 3.99. The number of aromatic hydroxyl groups is 1. The number of halogens is 1. The van der Waals surface area contributed by atoms with Crippen LogP contribution in [0.25, 0.3) is 10.8 Å². The zero-order valence-corrected chi connectivity index (χ0v) is 33.6. The van der Waals surface area contributed by atoms with E-state index in [1.54, 1.807) is 30.3 Å². The van der Waals surface area contributed by atoms with E-state index in [1.807, 2.05) is 0 Å². The average Bonchev–Trinajstić information content (AvgIpc) is 3.06. The third-order valence-corrected chi connectivity index (χ3v) is 8.57. The fraction of sp³-hybridized carbons (Fsp3) is 0.192. The number of nitrogens with one attached hydrogen (secondary N) is 2. The first-order valence-electron chi connectivity index (χ1n) is 13.3. The van der Waals surface area contributed by atoms with Gasteiger partial charge in [0.05, 0.1) is 52.4 Å². The van der Waals surface area contributed by atoms with Crippen LogP contribution in [-0.4, -0.2) is 54.0 Å². The molecule has 0 amide bonds. The molecular formula is C26H25ClN8Na2O10S3. The Bertz CT molecular complexity index is 1890. The summed E-state index contributed by atoms with van der Waals surface area (Å²) in [7, 11) is -3.32.